The molecule has 2 amide bonds. The Bertz CT molecular complexity index is 1230. The van der Waals surface area contributed by atoms with Gasteiger partial charge in [-0.05, 0) is 35.4 Å². The third kappa shape index (κ3) is 5.44. The van der Waals surface area contributed by atoms with Crippen molar-refractivity contribution in [3.05, 3.63) is 47.3 Å². The van der Waals surface area contributed by atoms with E-state index in [-0.39, 0.29) is 6.03 Å². The normalized spacial score (nSPS) is 14.8. The highest BCUT2D eigenvalue weighted by atomic mass is 32.1. The highest BCUT2D eigenvalue weighted by Crippen LogP contribution is 2.39. The van der Waals surface area contributed by atoms with Crippen LogP contribution in [0.1, 0.15) is 4.88 Å². The van der Waals surface area contributed by atoms with Crippen molar-refractivity contribution in [1.29, 1.82) is 0 Å². The largest absolute Gasteiger partial charge is 0.383 e. The van der Waals surface area contributed by atoms with Gasteiger partial charge in [-0.15, -0.1) is 11.3 Å². The summed E-state index contributed by atoms with van der Waals surface area (Å²) in [7, 11) is 3.60. The topological polar surface area (TPSA) is 95.0 Å². The van der Waals surface area contributed by atoms with E-state index in [1.54, 1.807) is 18.4 Å². The summed E-state index contributed by atoms with van der Waals surface area (Å²) in [4.78, 5) is 19.7. The maximum atomic E-state index is 12.4. The van der Waals surface area contributed by atoms with Crippen LogP contribution in [0.2, 0.25) is 0 Å². The molecule has 0 atom stereocenters. The number of thiophene rings is 1. The first-order valence-electron chi connectivity index (χ1n) is 11.2. The van der Waals surface area contributed by atoms with E-state index in [2.05, 4.69) is 45.4 Å². The molecule has 9 heteroatoms. The van der Waals surface area contributed by atoms with E-state index in [4.69, 9.17) is 10.5 Å². The number of anilines is 1. The highest BCUT2D eigenvalue weighted by molar-refractivity contribution is 7.21. The van der Waals surface area contributed by atoms with E-state index < -0.39 is 0 Å². The van der Waals surface area contributed by atoms with Crippen molar-refractivity contribution in [3.63, 3.8) is 0 Å². The lowest BCUT2D eigenvalue weighted by atomic mass is 10.0. The molecule has 4 N–H and O–H groups in total. The number of nitrogens with two attached hydrogens (primary N) is 1. The molecule has 0 bridgehead atoms. The maximum Gasteiger partial charge on any atom is 0.319 e. The monoisotopic (exact) mass is 479 g/mol. The molecule has 2 aromatic carbocycles. The number of amidine groups is 1. The first-order valence-corrected chi connectivity index (χ1v) is 12.1. The first-order chi connectivity index (χ1) is 16.5. The van der Waals surface area contributed by atoms with Crippen LogP contribution < -0.4 is 16.4 Å². The quantitative estimate of drug-likeness (QED) is 0.275. The summed E-state index contributed by atoms with van der Waals surface area (Å²) in [5.41, 5.74) is 9.93. The Morgan fingerprint density at radius 3 is 2.74 bits per heavy atom. The number of hydrogen-bond donors (Lipinski definition) is 3. The van der Waals surface area contributed by atoms with Crippen molar-refractivity contribution in [1.82, 2.24) is 10.2 Å². The minimum atomic E-state index is -0.207. The number of hydrogen-bond acceptors (Lipinski definition) is 5. The van der Waals surface area contributed by atoms with E-state index in [1.807, 2.05) is 35.9 Å². The Morgan fingerprint density at radius 1 is 1.24 bits per heavy atom. The van der Waals surface area contributed by atoms with E-state index in [9.17, 15) is 4.79 Å². The van der Waals surface area contributed by atoms with E-state index in [0.717, 1.165) is 70.3 Å². The number of nitrogens with one attached hydrogen (secondary N) is 2. The molecular weight excluding hydrogens is 448 g/mol. The van der Waals surface area contributed by atoms with Gasteiger partial charge in [-0.1, -0.05) is 18.2 Å². The molecule has 2 heterocycles. The third-order valence-electron chi connectivity index (χ3n) is 5.79. The molecule has 0 unspecified atom stereocenters. The number of morpholine rings is 1. The number of rotatable bonds is 7. The number of aliphatic imine (C=N–C) groups is 1. The fourth-order valence-corrected chi connectivity index (χ4v) is 5.26. The molecule has 3 aromatic rings. The Balaban J connectivity index is 1.47. The zero-order chi connectivity index (χ0) is 24.1. The van der Waals surface area contributed by atoms with E-state index in [1.165, 1.54) is 0 Å². The summed E-state index contributed by atoms with van der Waals surface area (Å²) in [5.74, 6) is 0.499. The Kier molecular flexibility index (Phi) is 7.56. The Morgan fingerprint density at radius 2 is 2.00 bits per heavy atom. The van der Waals surface area contributed by atoms with Crippen molar-refractivity contribution in [2.75, 3.05) is 58.8 Å². The van der Waals surface area contributed by atoms with Gasteiger partial charge < -0.3 is 21.1 Å². The summed E-state index contributed by atoms with van der Waals surface area (Å²) in [6.07, 6.45) is 0. The van der Waals surface area contributed by atoms with E-state index in [0.29, 0.717) is 12.4 Å². The Hall–Kier alpha value is -3.27. The third-order valence-corrected chi connectivity index (χ3v) is 6.95. The molecule has 1 fully saturated rings. The lowest BCUT2D eigenvalue weighted by Crippen LogP contribution is -2.42. The standard InChI is InChI=1S/C25H30N6O2S/c1-27-24(26)23-22(30(2)3)20-8-7-18(16-21(20)34-23)17-5-4-6-19(15-17)29-25(32)28-9-10-31-11-13-33-14-12-31/h4-8,15-16H,2,9-14H2,1,3H3,(H3-,26,27,28,29,32)/p+1. The predicted octanol–water partition coefficient (Wildman–Crippen LogP) is 3.33. The fourth-order valence-electron chi connectivity index (χ4n) is 4.02. The smallest absolute Gasteiger partial charge is 0.319 e. The predicted molar refractivity (Wildman–Crippen MR) is 141 cm³/mol. The number of ether oxygens (including phenoxy) is 1. The number of benzene rings is 2. The summed E-state index contributed by atoms with van der Waals surface area (Å²) in [6, 6.07) is 13.9. The molecule has 34 heavy (non-hydrogen) atoms. The van der Waals surface area contributed by atoms with Crippen LogP contribution in [0.4, 0.5) is 16.2 Å². The molecule has 178 valence electrons. The average molecular weight is 480 g/mol. The van der Waals surface area contributed by atoms with Gasteiger partial charge in [0.05, 0.1) is 18.6 Å². The molecule has 0 spiro atoms. The minimum Gasteiger partial charge on any atom is -0.383 e. The van der Waals surface area contributed by atoms with Crippen LogP contribution in [0.25, 0.3) is 21.2 Å². The average Bonchev–Trinajstić information content (AvgIpc) is 3.23. The molecule has 8 nitrogen and oxygen atoms in total. The molecule has 1 aliphatic heterocycles. The highest BCUT2D eigenvalue weighted by Gasteiger charge is 2.22. The van der Waals surface area contributed by atoms with Crippen LogP contribution in [-0.2, 0) is 4.74 Å². The van der Waals surface area contributed by atoms with Gasteiger partial charge >= 0.3 is 6.03 Å². The lowest BCUT2D eigenvalue weighted by molar-refractivity contribution is -0.392. The van der Waals surface area contributed by atoms with Crippen molar-refractivity contribution in [2.45, 2.75) is 0 Å². The molecule has 4 rings (SSSR count). The summed E-state index contributed by atoms with van der Waals surface area (Å²) in [5, 5.41) is 6.96. The Labute approximate surface area is 203 Å². The molecule has 0 aliphatic carbocycles. The van der Waals surface area contributed by atoms with Crippen LogP contribution >= 0.6 is 11.3 Å². The zero-order valence-corrected chi connectivity index (χ0v) is 20.5. The molecular formula is C25H31N6O2S+. The van der Waals surface area contributed by atoms with Gasteiger partial charge in [0.15, 0.2) is 0 Å². The van der Waals surface area contributed by atoms with Gasteiger partial charge in [-0.2, -0.15) is 0 Å². The number of urea groups is 1. The summed E-state index contributed by atoms with van der Waals surface area (Å²) in [6.45, 7) is 8.79. The van der Waals surface area contributed by atoms with Gasteiger partial charge in [0.25, 0.3) is 0 Å². The van der Waals surface area contributed by atoms with Crippen molar-refractivity contribution >= 4 is 51.4 Å². The number of fused-ring (bicyclic) bond motifs is 1. The number of nitrogens with zero attached hydrogens (tertiary/aromatic N) is 3. The van der Waals surface area contributed by atoms with Crippen molar-refractivity contribution in [3.8, 4) is 11.1 Å². The molecule has 1 aliphatic rings. The van der Waals surface area contributed by atoms with Gasteiger partial charge in [0.2, 0.25) is 5.69 Å². The van der Waals surface area contributed by atoms with Crippen LogP contribution in [-0.4, -0.2) is 81.5 Å². The second-order valence-corrected chi connectivity index (χ2v) is 9.27. The second-order valence-electron chi connectivity index (χ2n) is 8.21. The molecule has 0 saturated carbocycles. The van der Waals surface area contributed by atoms with E-state index >= 15 is 0 Å². The van der Waals surface area contributed by atoms with Crippen LogP contribution in [0.3, 0.4) is 0 Å². The first kappa shape index (κ1) is 23.9. The number of carbonyl (C=O) groups excluding carboxylic acids is 1. The van der Waals surface area contributed by atoms with Crippen LogP contribution in [0.5, 0.6) is 0 Å². The van der Waals surface area contributed by atoms with Crippen LogP contribution in [0.15, 0.2) is 47.5 Å². The number of amides is 2. The van der Waals surface area contributed by atoms with Crippen molar-refractivity contribution in [2.24, 2.45) is 10.7 Å². The minimum absolute atomic E-state index is 0.207. The number of carbonyl (C=O) groups is 1. The maximum absolute atomic E-state index is 12.4. The zero-order valence-electron chi connectivity index (χ0n) is 19.6. The van der Waals surface area contributed by atoms with Gasteiger partial charge in [-0.3, -0.25) is 9.89 Å². The van der Waals surface area contributed by atoms with Crippen molar-refractivity contribution < 1.29 is 14.1 Å². The van der Waals surface area contributed by atoms with Gasteiger partial charge in [-0.25, -0.2) is 9.37 Å². The van der Waals surface area contributed by atoms with Gasteiger partial charge in [0, 0.05) is 43.6 Å². The SMILES string of the molecule is C=[N+](C)c1c(C(N)=NC)sc2cc(-c3cccc(NC(=O)NCCN4CCOCC4)c3)ccc12. The molecule has 0 radical (unpaired) electrons. The summed E-state index contributed by atoms with van der Waals surface area (Å²) >= 11 is 1.60. The second kappa shape index (κ2) is 10.8. The fraction of sp³-hybridized carbons (Fsp3) is 0.320. The van der Waals surface area contributed by atoms with Crippen LogP contribution in [0, 0.1) is 0 Å². The summed E-state index contributed by atoms with van der Waals surface area (Å²) < 4.78 is 8.28. The molecule has 1 saturated heterocycles. The molecule has 1 aromatic heterocycles. The van der Waals surface area contributed by atoms with Gasteiger partial charge in [0.1, 0.15) is 24.5 Å². The lowest BCUT2D eigenvalue weighted by Gasteiger charge is -2.26.